The lowest BCUT2D eigenvalue weighted by molar-refractivity contribution is -0.116. The van der Waals surface area contributed by atoms with Gasteiger partial charge in [-0.05, 0) is 50.6 Å². The molecular weight excluding hydrogens is 300 g/mol. The molecule has 1 unspecified atom stereocenters. The molecule has 1 atom stereocenters. The number of amides is 1. The summed E-state index contributed by atoms with van der Waals surface area (Å²) < 4.78 is 23.0. The Labute approximate surface area is 132 Å². The third kappa shape index (κ3) is 4.55. The van der Waals surface area contributed by atoms with Crippen LogP contribution in [0.15, 0.2) is 18.2 Å². The van der Waals surface area contributed by atoms with Crippen LogP contribution >= 0.6 is 0 Å². The maximum absolute atomic E-state index is 12.0. The number of nitrogens with one attached hydrogen (secondary N) is 1. The summed E-state index contributed by atoms with van der Waals surface area (Å²) in [5.74, 6) is 0.426. The molecule has 5 nitrogen and oxygen atoms in total. The Kier molecular flexibility index (Phi) is 5.24. The number of anilines is 1. The van der Waals surface area contributed by atoms with Crippen molar-refractivity contribution in [2.45, 2.75) is 32.7 Å². The zero-order valence-corrected chi connectivity index (χ0v) is 14.2. The Morgan fingerprint density at radius 3 is 2.64 bits per heavy atom. The molecule has 1 aromatic carbocycles. The van der Waals surface area contributed by atoms with Crippen LogP contribution in [0.1, 0.15) is 24.0 Å². The van der Waals surface area contributed by atoms with Gasteiger partial charge in [0.2, 0.25) is 5.91 Å². The highest BCUT2D eigenvalue weighted by Crippen LogP contribution is 2.17. The van der Waals surface area contributed by atoms with Gasteiger partial charge in [0.25, 0.3) is 0 Å². The van der Waals surface area contributed by atoms with Gasteiger partial charge < -0.3 is 10.2 Å². The lowest BCUT2D eigenvalue weighted by Crippen LogP contribution is -2.35. The molecule has 1 aromatic rings. The zero-order chi connectivity index (χ0) is 16.3. The predicted molar refractivity (Wildman–Crippen MR) is 88.9 cm³/mol. The van der Waals surface area contributed by atoms with Crippen molar-refractivity contribution in [3.05, 3.63) is 29.3 Å². The second kappa shape index (κ2) is 6.79. The first-order valence-corrected chi connectivity index (χ1v) is 9.37. The molecule has 1 N–H and O–H groups in total. The van der Waals surface area contributed by atoms with Gasteiger partial charge in [0.05, 0.1) is 11.5 Å². The summed E-state index contributed by atoms with van der Waals surface area (Å²) in [6.45, 7) is 4.61. The average Bonchev–Trinajstić information content (AvgIpc) is 2.81. The van der Waals surface area contributed by atoms with Gasteiger partial charge in [-0.1, -0.05) is 6.07 Å². The van der Waals surface area contributed by atoms with Crippen molar-refractivity contribution >= 4 is 21.4 Å². The minimum Gasteiger partial charge on any atom is -0.326 e. The van der Waals surface area contributed by atoms with Crippen LogP contribution in [0.4, 0.5) is 5.69 Å². The van der Waals surface area contributed by atoms with Crippen LogP contribution in [-0.2, 0) is 14.6 Å². The SMILES string of the molecule is Cc1ccc(NC(=O)CCN(C)C2CCS(=O)(=O)C2)cc1C. The van der Waals surface area contributed by atoms with Crippen LogP contribution in [-0.4, -0.2) is 50.4 Å². The number of aryl methyl sites for hydroxylation is 2. The highest BCUT2D eigenvalue weighted by Gasteiger charge is 2.30. The monoisotopic (exact) mass is 324 g/mol. The number of rotatable bonds is 5. The lowest BCUT2D eigenvalue weighted by atomic mass is 10.1. The molecule has 0 spiro atoms. The van der Waals surface area contributed by atoms with Gasteiger partial charge in [0, 0.05) is 24.7 Å². The molecule has 0 bridgehead atoms. The van der Waals surface area contributed by atoms with Gasteiger partial charge in [-0.25, -0.2) is 8.42 Å². The average molecular weight is 324 g/mol. The minimum absolute atomic E-state index is 0.0411. The fourth-order valence-electron chi connectivity index (χ4n) is 2.63. The quantitative estimate of drug-likeness (QED) is 0.896. The molecule has 1 saturated heterocycles. The molecule has 0 aromatic heterocycles. The van der Waals surface area contributed by atoms with E-state index in [2.05, 4.69) is 5.32 Å². The Balaban J connectivity index is 1.81. The number of hydrogen-bond acceptors (Lipinski definition) is 4. The number of nitrogens with zero attached hydrogens (tertiary/aromatic N) is 1. The molecule has 22 heavy (non-hydrogen) atoms. The van der Waals surface area contributed by atoms with Crippen LogP contribution in [0.3, 0.4) is 0 Å². The summed E-state index contributed by atoms with van der Waals surface area (Å²) in [7, 11) is -0.995. The molecule has 122 valence electrons. The van der Waals surface area contributed by atoms with Crippen molar-refractivity contribution < 1.29 is 13.2 Å². The molecule has 2 rings (SSSR count). The van der Waals surface area contributed by atoms with Crippen LogP contribution in [0.2, 0.25) is 0 Å². The molecule has 1 aliphatic rings. The summed E-state index contributed by atoms with van der Waals surface area (Å²) >= 11 is 0. The van der Waals surface area contributed by atoms with Gasteiger partial charge in [0.15, 0.2) is 9.84 Å². The van der Waals surface area contributed by atoms with Crippen molar-refractivity contribution in [2.24, 2.45) is 0 Å². The number of sulfone groups is 1. The van der Waals surface area contributed by atoms with Gasteiger partial charge >= 0.3 is 0 Å². The summed E-state index contributed by atoms with van der Waals surface area (Å²) in [5.41, 5.74) is 3.14. The van der Waals surface area contributed by atoms with Crippen molar-refractivity contribution in [3.63, 3.8) is 0 Å². The van der Waals surface area contributed by atoms with Crippen LogP contribution < -0.4 is 5.32 Å². The molecule has 0 aliphatic carbocycles. The highest BCUT2D eigenvalue weighted by atomic mass is 32.2. The standard InChI is InChI=1S/C16H24N2O3S/c1-12-4-5-14(10-13(12)2)17-16(19)6-8-18(3)15-7-9-22(20,21)11-15/h4-5,10,15H,6-9,11H2,1-3H3,(H,17,19). The van der Waals surface area contributed by atoms with Gasteiger partial charge in [-0.15, -0.1) is 0 Å². The predicted octanol–water partition coefficient (Wildman–Crippen LogP) is 1.75. The summed E-state index contributed by atoms with van der Waals surface area (Å²) in [6.07, 6.45) is 1.03. The molecular formula is C16H24N2O3S. The number of carbonyl (C=O) groups is 1. The van der Waals surface area contributed by atoms with Crippen molar-refractivity contribution in [3.8, 4) is 0 Å². The fraction of sp³-hybridized carbons (Fsp3) is 0.562. The highest BCUT2D eigenvalue weighted by molar-refractivity contribution is 7.91. The van der Waals surface area contributed by atoms with E-state index >= 15 is 0 Å². The second-order valence-electron chi connectivity index (χ2n) is 6.13. The Bertz CT molecular complexity index is 655. The lowest BCUT2D eigenvalue weighted by Gasteiger charge is -2.22. The summed E-state index contributed by atoms with van der Waals surface area (Å²) in [4.78, 5) is 14.0. The third-order valence-electron chi connectivity index (χ3n) is 4.31. The van der Waals surface area contributed by atoms with Crippen molar-refractivity contribution in [1.29, 1.82) is 0 Å². The number of hydrogen-bond donors (Lipinski definition) is 1. The zero-order valence-electron chi connectivity index (χ0n) is 13.4. The third-order valence-corrected chi connectivity index (χ3v) is 6.06. The molecule has 1 aliphatic heterocycles. The van der Waals surface area contributed by atoms with E-state index < -0.39 is 9.84 Å². The smallest absolute Gasteiger partial charge is 0.225 e. The molecule has 1 fully saturated rings. The largest absolute Gasteiger partial charge is 0.326 e. The molecule has 1 heterocycles. The van der Waals surface area contributed by atoms with Gasteiger partial charge in [-0.2, -0.15) is 0 Å². The van der Waals surface area contributed by atoms with E-state index in [0.717, 1.165) is 11.3 Å². The van der Waals surface area contributed by atoms with Crippen LogP contribution in [0, 0.1) is 13.8 Å². The first kappa shape index (κ1) is 17.0. The normalized spacial score (nSPS) is 20.3. The van der Waals surface area contributed by atoms with Crippen molar-refractivity contribution in [1.82, 2.24) is 4.90 Å². The van der Waals surface area contributed by atoms with E-state index in [-0.39, 0.29) is 23.5 Å². The first-order chi connectivity index (χ1) is 10.3. The van der Waals surface area contributed by atoms with Gasteiger partial charge in [0.1, 0.15) is 0 Å². The maximum atomic E-state index is 12.0. The van der Waals surface area contributed by atoms with Crippen LogP contribution in [0.25, 0.3) is 0 Å². The topological polar surface area (TPSA) is 66.5 Å². The van der Waals surface area contributed by atoms with Crippen molar-refractivity contribution in [2.75, 3.05) is 30.4 Å². The first-order valence-electron chi connectivity index (χ1n) is 7.54. The Morgan fingerprint density at radius 2 is 2.05 bits per heavy atom. The van der Waals surface area contributed by atoms with E-state index in [1.165, 1.54) is 5.56 Å². The summed E-state index contributed by atoms with van der Waals surface area (Å²) in [6, 6.07) is 5.88. The number of benzene rings is 1. The second-order valence-corrected chi connectivity index (χ2v) is 8.36. The van der Waals surface area contributed by atoms with E-state index in [4.69, 9.17) is 0 Å². The molecule has 6 heteroatoms. The Morgan fingerprint density at radius 1 is 1.32 bits per heavy atom. The minimum atomic E-state index is -2.88. The van der Waals surface area contributed by atoms with E-state index in [1.54, 1.807) is 0 Å². The van der Waals surface area contributed by atoms with Crippen LogP contribution in [0.5, 0.6) is 0 Å². The Hall–Kier alpha value is -1.40. The number of carbonyl (C=O) groups excluding carboxylic acids is 1. The molecule has 0 radical (unpaired) electrons. The van der Waals surface area contributed by atoms with E-state index in [9.17, 15) is 13.2 Å². The van der Waals surface area contributed by atoms with Gasteiger partial charge in [-0.3, -0.25) is 4.79 Å². The fourth-order valence-corrected chi connectivity index (χ4v) is 4.43. The molecule has 1 amide bonds. The van der Waals surface area contributed by atoms with E-state index in [0.29, 0.717) is 19.4 Å². The van der Waals surface area contributed by atoms with E-state index in [1.807, 2.05) is 44.0 Å². The molecule has 0 saturated carbocycles. The maximum Gasteiger partial charge on any atom is 0.225 e. The summed E-state index contributed by atoms with van der Waals surface area (Å²) in [5, 5.41) is 2.89.